The van der Waals surface area contributed by atoms with Crippen LogP contribution in [0.1, 0.15) is 5.56 Å². The van der Waals surface area contributed by atoms with E-state index in [1.54, 1.807) is 42.5 Å². The highest BCUT2D eigenvalue weighted by molar-refractivity contribution is 5.91. The van der Waals surface area contributed by atoms with Crippen LogP contribution in [-0.2, 0) is 11.2 Å². The number of esters is 1. The van der Waals surface area contributed by atoms with Gasteiger partial charge in [-0.3, -0.25) is 4.79 Å². The number of hydrogen-bond donors (Lipinski definition) is 2. The van der Waals surface area contributed by atoms with Crippen molar-refractivity contribution in [2.45, 2.75) is 12.5 Å². The van der Waals surface area contributed by atoms with Crippen LogP contribution in [0, 0.1) is 0 Å². The number of aromatic nitrogens is 1. The fourth-order valence-electron chi connectivity index (χ4n) is 3.66. The minimum absolute atomic E-state index is 0. The summed E-state index contributed by atoms with van der Waals surface area (Å²) >= 11 is 0. The van der Waals surface area contributed by atoms with Gasteiger partial charge >= 0.3 is 5.97 Å². The van der Waals surface area contributed by atoms with Crippen molar-refractivity contribution < 1.29 is 13.9 Å². The van der Waals surface area contributed by atoms with Crippen molar-refractivity contribution in [3.05, 3.63) is 88.7 Å². The zero-order chi connectivity index (χ0) is 20.7. The number of hydrogen-bond acceptors (Lipinski definition) is 5. The molecule has 0 saturated heterocycles. The smallest absolute Gasteiger partial charge is 0.328 e. The van der Waals surface area contributed by atoms with Crippen LogP contribution in [-0.4, -0.2) is 17.0 Å². The van der Waals surface area contributed by atoms with E-state index in [1.807, 2.05) is 30.5 Å². The predicted octanol–water partition coefficient (Wildman–Crippen LogP) is 4.32. The quantitative estimate of drug-likeness (QED) is 0.249. The van der Waals surface area contributed by atoms with Crippen LogP contribution in [0.5, 0.6) is 5.75 Å². The van der Waals surface area contributed by atoms with Crippen LogP contribution in [0.2, 0.25) is 0 Å². The highest BCUT2D eigenvalue weighted by atomic mass is 35.5. The van der Waals surface area contributed by atoms with Gasteiger partial charge in [-0.15, -0.1) is 12.4 Å². The van der Waals surface area contributed by atoms with Crippen LogP contribution < -0.4 is 15.9 Å². The van der Waals surface area contributed by atoms with Crippen molar-refractivity contribution in [3.8, 4) is 5.75 Å². The third-order valence-electron chi connectivity index (χ3n) is 5.19. The number of benzene rings is 3. The van der Waals surface area contributed by atoms with Gasteiger partial charge in [-0.2, -0.15) is 0 Å². The number of ether oxygens (including phenoxy) is 1. The van der Waals surface area contributed by atoms with Crippen molar-refractivity contribution in [1.29, 1.82) is 0 Å². The number of nitrogens with one attached hydrogen (secondary N) is 1. The molecule has 2 heterocycles. The molecule has 0 fully saturated rings. The molecule has 156 valence electrons. The first-order valence-electron chi connectivity index (χ1n) is 9.58. The molecule has 0 aliphatic rings. The molecule has 0 aliphatic heterocycles. The lowest BCUT2D eigenvalue weighted by atomic mass is 10.1. The number of aromatic amines is 1. The number of fused-ring (bicyclic) bond motifs is 3. The molecule has 7 heteroatoms. The van der Waals surface area contributed by atoms with Crippen LogP contribution in [0.4, 0.5) is 0 Å². The van der Waals surface area contributed by atoms with Gasteiger partial charge in [0.25, 0.3) is 0 Å². The van der Waals surface area contributed by atoms with Crippen molar-refractivity contribution in [2.24, 2.45) is 5.73 Å². The molecule has 2 aromatic heterocycles. The summed E-state index contributed by atoms with van der Waals surface area (Å²) in [5.41, 5.74) is 8.75. The fraction of sp³-hybridized carbons (Fsp3) is 0.0833. The summed E-state index contributed by atoms with van der Waals surface area (Å²) < 4.78 is 11.3. The third-order valence-corrected chi connectivity index (χ3v) is 5.19. The maximum absolute atomic E-state index is 12.6. The number of carbonyl (C=O) groups excluding carboxylic acids is 1. The molecule has 6 nitrogen and oxygen atoms in total. The average molecular weight is 435 g/mol. The molecule has 0 saturated carbocycles. The van der Waals surface area contributed by atoms with E-state index in [9.17, 15) is 9.59 Å². The Bertz CT molecular complexity index is 1470. The first-order chi connectivity index (χ1) is 14.6. The van der Waals surface area contributed by atoms with Crippen molar-refractivity contribution >= 4 is 51.2 Å². The van der Waals surface area contributed by atoms with Crippen LogP contribution in [0.3, 0.4) is 0 Å². The van der Waals surface area contributed by atoms with Gasteiger partial charge in [0.05, 0.1) is 10.8 Å². The Morgan fingerprint density at radius 1 is 0.968 bits per heavy atom. The number of carbonyl (C=O) groups is 1. The fourth-order valence-corrected chi connectivity index (χ4v) is 3.66. The molecular formula is C24H19ClN2O4. The Kier molecular flexibility index (Phi) is 5.50. The SMILES string of the molecule is Cl.N[C@@H](Cc1c[nH]c2ccccc12)C(=O)Oc1ccc2c(=O)c3ccccc3oc2c1. The molecule has 3 aromatic carbocycles. The maximum atomic E-state index is 12.6. The third kappa shape index (κ3) is 3.79. The van der Waals surface area contributed by atoms with E-state index in [4.69, 9.17) is 14.9 Å². The van der Waals surface area contributed by atoms with E-state index in [0.717, 1.165) is 16.5 Å². The lowest BCUT2D eigenvalue weighted by Gasteiger charge is -2.11. The standard InChI is InChI=1S/C24H18N2O4.ClH/c25-19(11-14-13-26-20-7-3-1-5-16(14)20)24(28)29-15-9-10-18-22(12-15)30-21-8-4-2-6-17(21)23(18)27;/h1-10,12-13,19,26H,11,25H2;1H/t19-;/m0./s1. The molecule has 5 rings (SSSR count). The highest BCUT2D eigenvalue weighted by Crippen LogP contribution is 2.24. The second-order valence-electron chi connectivity index (χ2n) is 7.18. The van der Waals surface area contributed by atoms with Crippen LogP contribution in [0.15, 0.2) is 82.1 Å². The van der Waals surface area contributed by atoms with E-state index >= 15 is 0 Å². The predicted molar refractivity (Wildman–Crippen MR) is 123 cm³/mol. The summed E-state index contributed by atoms with van der Waals surface area (Å²) in [5, 5.41) is 1.96. The largest absolute Gasteiger partial charge is 0.456 e. The molecule has 0 aliphatic carbocycles. The number of rotatable bonds is 4. The molecule has 0 amide bonds. The molecule has 1 atom stereocenters. The number of para-hydroxylation sites is 2. The Morgan fingerprint density at radius 3 is 2.52 bits per heavy atom. The highest BCUT2D eigenvalue weighted by Gasteiger charge is 2.19. The van der Waals surface area contributed by atoms with Gasteiger partial charge in [0.1, 0.15) is 23.0 Å². The van der Waals surface area contributed by atoms with Crippen molar-refractivity contribution in [2.75, 3.05) is 0 Å². The summed E-state index contributed by atoms with van der Waals surface area (Å²) in [5.74, 6) is -0.275. The van der Waals surface area contributed by atoms with Gasteiger partial charge in [-0.25, -0.2) is 4.79 Å². The Morgan fingerprint density at radius 2 is 1.68 bits per heavy atom. The maximum Gasteiger partial charge on any atom is 0.328 e. The molecule has 5 aromatic rings. The summed E-state index contributed by atoms with van der Waals surface area (Å²) in [4.78, 5) is 28.3. The Labute approximate surface area is 183 Å². The van der Waals surface area contributed by atoms with Gasteiger partial charge in [0.15, 0.2) is 0 Å². The molecule has 0 bridgehead atoms. The monoisotopic (exact) mass is 434 g/mol. The van der Waals surface area contributed by atoms with Gasteiger partial charge in [0.2, 0.25) is 5.43 Å². The Balaban J connectivity index is 0.00000231. The first kappa shape index (κ1) is 20.7. The van der Waals surface area contributed by atoms with E-state index < -0.39 is 12.0 Å². The molecule has 31 heavy (non-hydrogen) atoms. The lowest BCUT2D eigenvalue weighted by molar-refractivity contribution is -0.135. The van der Waals surface area contributed by atoms with E-state index in [-0.39, 0.29) is 23.6 Å². The lowest BCUT2D eigenvalue weighted by Crippen LogP contribution is -2.36. The topological polar surface area (TPSA) is 98.3 Å². The molecule has 0 spiro atoms. The second kappa shape index (κ2) is 8.26. The number of nitrogens with two attached hydrogens (primary N) is 1. The van der Waals surface area contributed by atoms with Crippen molar-refractivity contribution in [1.82, 2.24) is 4.98 Å². The second-order valence-corrected chi connectivity index (χ2v) is 7.18. The van der Waals surface area contributed by atoms with Crippen LogP contribution in [0.25, 0.3) is 32.8 Å². The molecule has 3 N–H and O–H groups in total. The first-order valence-corrected chi connectivity index (χ1v) is 9.58. The summed E-state index contributed by atoms with van der Waals surface area (Å²) in [7, 11) is 0. The minimum Gasteiger partial charge on any atom is -0.456 e. The van der Waals surface area contributed by atoms with Gasteiger partial charge in [-0.05, 0) is 35.9 Å². The zero-order valence-corrected chi connectivity index (χ0v) is 17.1. The zero-order valence-electron chi connectivity index (χ0n) is 16.3. The summed E-state index contributed by atoms with van der Waals surface area (Å²) in [6.07, 6.45) is 2.20. The number of H-pyrrole nitrogens is 1. The molecular weight excluding hydrogens is 416 g/mol. The van der Waals surface area contributed by atoms with Crippen LogP contribution >= 0.6 is 12.4 Å². The summed E-state index contributed by atoms with van der Waals surface area (Å²) in [6.45, 7) is 0. The minimum atomic E-state index is -0.830. The van der Waals surface area contributed by atoms with E-state index in [0.29, 0.717) is 28.4 Å². The van der Waals surface area contributed by atoms with Crippen molar-refractivity contribution in [3.63, 3.8) is 0 Å². The Hall–Kier alpha value is -3.61. The van der Waals surface area contributed by atoms with E-state index in [2.05, 4.69) is 4.98 Å². The number of halogens is 1. The normalized spacial score (nSPS) is 12.0. The average Bonchev–Trinajstić information content (AvgIpc) is 3.16. The van der Waals surface area contributed by atoms with E-state index in [1.165, 1.54) is 0 Å². The van der Waals surface area contributed by atoms with Gasteiger partial charge in [0, 0.05) is 29.6 Å². The molecule has 0 unspecified atom stereocenters. The summed E-state index contributed by atoms with van der Waals surface area (Å²) in [6, 6.07) is 18.7. The van der Waals surface area contributed by atoms with Gasteiger partial charge in [-0.1, -0.05) is 30.3 Å². The van der Waals surface area contributed by atoms with Gasteiger partial charge < -0.3 is 19.9 Å². The molecule has 0 radical (unpaired) electrons.